The van der Waals surface area contributed by atoms with Crippen LogP contribution in [0.3, 0.4) is 0 Å². The number of aliphatic hydroxyl groups is 1. The number of benzene rings is 2. The Morgan fingerprint density at radius 1 is 1.11 bits per heavy atom. The first-order valence-electron chi connectivity index (χ1n) is 6.26. The maximum Gasteiger partial charge on any atom is 0.0684 e. The molecule has 1 N–H and O–H groups in total. The van der Waals surface area contributed by atoms with Gasteiger partial charge in [0.25, 0.3) is 0 Å². The third kappa shape index (κ3) is 3.28. The van der Waals surface area contributed by atoms with Gasteiger partial charge in [-0.2, -0.15) is 0 Å². The monoisotopic (exact) mass is 275 g/mol. The van der Waals surface area contributed by atoms with Crippen LogP contribution in [0.5, 0.6) is 0 Å². The zero-order valence-corrected chi connectivity index (χ0v) is 12.0. The van der Waals surface area contributed by atoms with Crippen LogP contribution in [0.1, 0.15) is 16.7 Å². The molecule has 19 heavy (non-hydrogen) atoms. The van der Waals surface area contributed by atoms with Crippen molar-refractivity contribution >= 4 is 17.3 Å². The number of hydrogen-bond donors (Lipinski definition) is 1. The number of aliphatic hydroxyl groups excluding tert-OH is 1. The summed E-state index contributed by atoms with van der Waals surface area (Å²) in [5, 5.41) is 9.98. The van der Waals surface area contributed by atoms with Gasteiger partial charge in [-0.1, -0.05) is 35.9 Å². The van der Waals surface area contributed by atoms with E-state index >= 15 is 0 Å². The second-order valence-corrected chi connectivity index (χ2v) is 5.12. The summed E-state index contributed by atoms with van der Waals surface area (Å²) >= 11 is 6.18. The van der Waals surface area contributed by atoms with Crippen molar-refractivity contribution in [3.63, 3.8) is 0 Å². The molecule has 0 bridgehead atoms. The van der Waals surface area contributed by atoms with E-state index in [1.807, 2.05) is 50.4 Å². The Labute approximate surface area is 119 Å². The Kier molecular flexibility index (Phi) is 4.46. The van der Waals surface area contributed by atoms with E-state index in [1.165, 1.54) is 0 Å². The maximum atomic E-state index is 9.19. The van der Waals surface area contributed by atoms with Gasteiger partial charge in [0.1, 0.15) is 0 Å². The highest BCUT2D eigenvalue weighted by Gasteiger charge is 2.06. The molecule has 0 spiro atoms. The lowest BCUT2D eigenvalue weighted by molar-refractivity contribution is 0.281. The average molecular weight is 276 g/mol. The fourth-order valence-electron chi connectivity index (χ4n) is 2.07. The Bertz CT molecular complexity index is 568. The Hall–Kier alpha value is -1.51. The highest BCUT2D eigenvalue weighted by molar-refractivity contribution is 6.31. The minimum Gasteiger partial charge on any atom is -0.392 e. The summed E-state index contributed by atoms with van der Waals surface area (Å²) in [6.45, 7) is 2.86. The lowest BCUT2D eigenvalue weighted by atomic mass is 10.1. The number of anilines is 1. The van der Waals surface area contributed by atoms with Crippen LogP contribution in [0, 0.1) is 6.92 Å². The molecule has 0 radical (unpaired) electrons. The molecule has 0 saturated carbocycles. The molecule has 0 aromatic heterocycles. The Balaban J connectivity index is 2.18. The van der Waals surface area contributed by atoms with E-state index in [-0.39, 0.29) is 6.61 Å². The third-order valence-electron chi connectivity index (χ3n) is 3.30. The van der Waals surface area contributed by atoms with E-state index in [9.17, 15) is 5.11 Å². The lowest BCUT2D eigenvalue weighted by Gasteiger charge is -2.21. The zero-order chi connectivity index (χ0) is 13.8. The summed E-state index contributed by atoms with van der Waals surface area (Å²) in [5.74, 6) is 0. The number of halogens is 1. The first-order chi connectivity index (χ1) is 9.11. The van der Waals surface area contributed by atoms with Crippen molar-refractivity contribution < 1.29 is 5.11 Å². The molecule has 0 saturated heterocycles. The summed E-state index contributed by atoms with van der Waals surface area (Å²) in [6.07, 6.45) is 0. The average Bonchev–Trinajstić information content (AvgIpc) is 2.41. The smallest absolute Gasteiger partial charge is 0.0684 e. The normalized spacial score (nSPS) is 10.5. The Morgan fingerprint density at radius 2 is 1.84 bits per heavy atom. The van der Waals surface area contributed by atoms with Crippen LogP contribution >= 0.6 is 11.6 Å². The molecule has 100 valence electrons. The van der Waals surface area contributed by atoms with E-state index in [0.717, 1.165) is 33.9 Å². The van der Waals surface area contributed by atoms with Gasteiger partial charge in [-0.15, -0.1) is 0 Å². The van der Waals surface area contributed by atoms with Crippen molar-refractivity contribution in [3.05, 3.63) is 64.2 Å². The quantitative estimate of drug-likeness (QED) is 0.918. The van der Waals surface area contributed by atoms with Gasteiger partial charge in [-0.05, 0) is 41.8 Å². The van der Waals surface area contributed by atoms with Gasteiger partial charge in [0, 0.05) is 24.3 Å². The van der Waals surface area contributed by atoms with Crippen LogP contribution in [0.25, 0.3) is 0 Å². The topological polar surface area (TPSA) is 23.5 Å². The highest BCUT2D eigenvalue weighted by atomic mass is 35.5. The summed E-state index contributed by atoms with van der Waals surface area (Å²) in [6, 6.07) is 13.9. The van der Waals surface area contributed by atoms with Gasteiger partial charge in [-0.25, -0.2) is 0 Å². The number of aryl methyl sites for hydroxylation is 1. The third-order valence-corrected chi connectivity index (χ3v) is 3.67. The summed E-state index contributed by atoms with van der Waals surface area (Å²) in [4.78, 5) is 2.15. The second kappa shape index (κ2) is 6.09. The van der Waals surface area contributed by atoms with E-state index in [1.54, 1.807) is 0 Å². The fourth-order valence-corrected chi connectivity index (χ4v) is 2.26. The van der Waals surface area contributed by atoms with Gasteiger partial charge in [0.05, 0.1) is 6.61 Å². The van der Waals surface area contributed by atoms with E-state index in [0.29, 0.717) is 0 Å². The molecule has 0 fully saturated rings. The molecule has 0 aliphatic carbocycles. The van der Waals surface area contributed by atoms with Crippen LogP contribution in [0.2, 0.25) is 5.02 Å². The first-order valence-corrected chi connectivity index (χ1v) is 6.64. The molecular weight excluding hydrogens is 258 g/mol. The lowest BCUT2D eigenvalue weighted by Crippen LogP contribution is -2.16. The van der Waals surface area contributed by atoms with Crippen LogP contribution in [-0.2, 0) is 13.2 Å². The molecule has 2 aromatic rings. The van der Waals surface area contributed by atoms with Crippen molar-refractivity contribution in [2.24, 2.45) is 0 Å². The molecule has 0 unspecified atom stereocenters. The molecule has 2 rings (SSSR count). The van der Waals surface area contributed by atoms with Crippen molar-refractivity contribution in [1.29, 1.82) is 0 Å². The minimum atomic E-state index is 0.0837. The fraction of sp³-hybridized carbons (Fsp3) is 0.250. The minimum absolute atomic E-state index is 0.0837. The molecule has 0 amide bonds. The molecule has 0 aliphatic heterocycles. The SMILES string of the molecule is Cc1cc(N(C)Cc2ccccc2Cl)ccc1CO. The van der Waals surface area contributed by atoms with E-state index < -0.39 is 0 Å². The number of rotatable bonds is 4. The number of nitrogens with zero attached hydrogens (tertiary/aromatic N) is 1. The summed E-state index contributed by atoms with van der Waals surface area (Å²) in [7, 11) is 2.04. The maximum absolute atomic E-state index is 9.19. The molecule has 3 heteroatoms. The largest absolute Gasteiger partial charge is 0.392 e. The molecule has 0 atom stereocenters. The summed E-state index contributed by atoms with van der Waals surface area (Å²) in [5.41, 5.74) is 4.30. The van der Waals surface area contributed by atoms with Crippen molar-refractivity contribution in [2.75, 3.05) is 11.9 Å². The first kappa shape index (κ1) is 13.9. The summed E-state index contributed by atoms with van der Waals surface area (Å²) < 4.78 is 0. The van der Waals surface area contributed by atoms with E-state index in [4.69, 9.17) is 11.6 Å². The van der Waals surface area contributed by atoms with E-state index in [2.05, 4.69) is 11.0 Å². The van der Waals surface area contributed by atoms with Gasteiger partial charge < -0.3 is 10.0 Å². The molecular formula is C16H18ClNO. The zero-order valence-electron chi connectivity index (χ0n) is 11.2. The van der Waals surface area contributed by atoms with Crippen molar-refractivity contribution in [3.8, 4) is 0 Å². The van der Waals surface area contributed by atoms with Crippen LogP contribution in [0.15, 0.2) is 42.5 Å². The van der Waals surface area contributed by atoms with Crippen LogP contribution < -0.4 is 4.90 Å². The molecule has 0 heterocycles. The van der Waals surface area contributed by atoms with Gasteiger partial charge in [0.2, 0.25) is 0 Å². The standard InChI is InChI=1S/C16H18ClNO/c1-12-9-15(8-7-14(12)11-19)18(2)10-13-5-3-4-6-16(13)17/h3-9,19H,10-11H2,1-2H3. The highest BCUT2D eigenvalue weighted by Crippen LogP contribution is 2.22. The predicted molar refractivity (Wildman–Crippen MR) is 80.7 cm³/mol. The second-order valence-electron chi connectivity index (χ2n) is 4.72. The van der Waals surface area contributed by atoms with Gasteiger partial charge in [0.15, 0.2) is 0 Å². The van der Waals surface area contributed by atoms with Crippen molar-refractivity contribution in [2.45, 2.75) is 20.1 Å². The molecule has 2 nitrogen and oxygen atoms in total. The van der Waals surface area contributed by atoms with Gasteiger partial charge in [-0.3, -0.25) is 0 Å². The van der Waals surface area contributed by atoms with Crippen LogP contribution in [-0.4, -0.2) is 12.2 Å². The molecule has 0 aliphatic rings. The predicted octanol–water partition coefficient (Wildman–Crippen LogP) is 3.78. The van der Waals surface area contributed by atoms with Gasteiger partial charge >= 0.3 is 0 Å². The number of hydrogen-bond acceptors (Lipinski definition) is 2. The van der Waals surface area contributed by atoms with Crippen LogP contribution in [0.4, 0.5) is 5.69 Å². The molecule has 2 aromatic carbocycles. The van der Waals surface area contributed by atoms with Crippen molar-refractivity contribution in [1.82, 2.24) is 0 Å². The Morgan fingerprint density at radius 3 is 2.47 bits per heavy atom.